The molecule has 1 saturated heterocycles. The van der Waals surface area contributed by atoms with Crippen molar-refractivity contribution in [3.63, 3.8) is 0 Å². The van der Waals surface area contributed by atoms with Crippen molar-refractivity contribution in [3.8, 4) is 0 Å². The molecule has 1 spiro atoms. The van der Waals surface area contributed by atoms with E-state index in [-0.39, 0.29) is 16.7 Å². The lowest BCUT2D eigenvalue weighted by Gasteiger charge is -2.32. The minimum atomic E-state index is -0.335. The van der Waals surface area contributed by atoms with Crippen LogP contribution in [0.25, 0.3) is 0 Å². The molecule has 3 nitrogen and oxygen atoms in total. The Morgan fingerprint density at radius 2 is 1.85 bits per heavy atom. The number of anilines is 1. The summed E-state index contributed by atoms with van der Waals surface area (Å²) >= 11 is 0. The Morgan fingerprint density at radius 3 is 2.45 bits per heavy atom. The highest BCUT2D eigenvalue weighted by atomic mass is 16.5. The number of likely N-dealkylation sites (N-methyl/N-ethyl adjacent to an activating group) is 1. The van der Waals surface area contributed by atoms with E-state index in [2.05, 4.69) is 39.0 Å². The van der Waals surface area contributed by atoms with Gasteiger partial charge in [-0.2, -0.15) is 0 Å². The Labute approximate surface area is 120 Å². The second-order valence-electron chi connectivity index (χ2n) is 7.04. The molecule has 2 aliphatic heterocycles. The fourth-order valence-corrected chi connectivity index (χ4v) is 3.43. The quantitative estimate of drug-likeness (QED) is 0.727. The van der Waals surface area contributed by atoms with E-state index in [1.807, 2.05) is 11.9 Å². The zero-order chi connectivity index (χ0) is 14.5. The molecule has 0 radical (unpaired) electrons. The summed E-state index contributed by atoms with van der Waals surface area (Å²) in [5.41, 5.74) is 3.33. The minimum Gasteiger partial charge on any atom is -0.381 e. The highest BCUT2D eigenvalue weighted by Gasteiger charge is 2.50. The number of amides is 1. The van der Waals surface area contributed by atoms with Crippen molar-refractivity contribution >= 4 is 11.6 Å². The van der Waals surface area contributed by atoms with Crippen LogP contribution in [-0.4, -0.2) is 26.2 Å². The molecule has 2 heterocycles. The molecular formula is C17H23NO2. The average molecular weight is 273 g/mol. The van der Waals surface area contributed by atoms with E-state index in [4.69, 9.17) is 4.74 Å². The summed E-state index contributed by atoms with van der Waals surface area (Å²) in [6.07, 6.45) is 1.61. The largest absolute Gasteiger partial charge is 0.381 e. The number of hydrogen-bond donors (Lipinski definition) is 0. The van der Waals surface area contributed by atoms with Crippen molar-refractivity contribution in [1.29, 1.82) is 0 Å². The lowest BCUT2D eigenvalue weighted by Crippen LogP contribution is -2.42. The topological polar surface area (TPSA) is 29.5 Å². The Kier molecular flexibility index (Phi) is 2.94. The Balaban J connectivity index is 2.12. The maximum atomic E-state index is 12.8. The number of rotatable bonds is 0. The summed E-state index contributed by atoms with van der Waals surface area (Å²) in [4.78, 5) is 14.6. The summed E-state index contributed by atoms with van der Waals surface area (Å²) < 4.78 is 5.46. The molecule has 0 saturated carbocycles. The van der Waals surface area contributed by atoms with Crippen LogP contribution in [0.4, 0.5) is 5.69 Å². The van der Waals surface area contributed by atoms with Gasteiger partial charge in [0.25, 0.3) is 0 Å². The minimum absolute atomic E-state index is 0.102. The van der Waals surface area contributed by atoms with Gasteiger partial charge in [-0.1, -0.05) is 32.9 Å². The van der Waals surface area contributed by atoms with Crippen molar-refractivity contribution in [3.05, 3.63) is 29.3 Å². The maximum absolute atomic E-state index is 12.8. The Morgan fingerprint density at radius 1 is 1.20 bits per heavy atom. The van der Waals surface area contributed by atoms with Gasteiger partial charge in [0.2, 0.25) is 5.91 Å². The zero-order valence-corrected chi connectivity index (χ0v) is 12.8. The molecule has 0 unspecified atom stereocenters. The molecular weight excluding hydrogens is 250 g/mol. The molecule has 1 aromatic rings. The van der Waals surface area contributed by atoms with E-state index in [0.717, 1.165) is 18.5 Å². The number of benzene rings is 1. The monoisotopic (exact) mass is 273 g/mol. The molecule has 1 aromatic carbocycles. The Bertz CT molecular complexity index is 551. The average Bonchev–Trinajstić information content (AvgIpc) is 2.62. The fraction of sp³-hybridized carbons (Fsp3) is 0.588. The van der Waals surface area contributed by atoms with Crippen LogP contribution in [0.1, 0.15) is 44.7 Å². The zero-order valence-electron chi connectivity index (χ0n) is 12.8. The number of carbonyl (C=O) groups is 1. The van der Waals surface area contributed by atoms with Crippen LogP contribution < -0.4 is 4.90 Å². The predicted octanol–water partition coefficient (Wildman–Crippen LogP) is 3.01. The molecule has 1 amide bonds. The molecule has 2 aliphatic rings. The summed E-state index contributed by atoms with van der Waals surface area (Å²) in [6.45, 7) is 7.97. The van der Waals surface area contributed by atoms with Crippen molar-refractivity contribution in [2.24, 2.45) is 0 Å². The highest BCUT2D eigenvalue weighted by Crippen LogP contribution is 2.48. The molecule has 3 rings (SSSR count). The number of hydrogen-bond acceptors (Lipinski definition) is 2. The van der Waals surface area contributed by atoms with E-state index < -0.39 is 0 Å². The van der Waals surface area contributed by atoms with Gasteiger partial charge in [-0.3, -0.25) is 4.79 Å². The smallest absolute Gasteiger partial charge is 0.237 e. The molecule has 0 aromatic heterocycles. The van der Waals surface area contributed by atoms with Crippen molar-refractivity contribution < 1.29 is 9.53 Å². The van der Waals surface area contributed by atoms with Crippen molar-refractivity contribution in [2.75, 3.05) is 25.2 Å². The normalized spacial score (nSPS) is 21.4. The van der Waals surface area contributed by atoms with Gasteiger partial charge in [-0.25, -0.2) is 0 Å². The first-order valence-electron chi connectivity index (χ1n) is 7.37. The van der Waals surface area contributed by atoms with Gasteiger partial charge >= 0.3 is 0 Å². The molecule has 0 aliphatic carbocycles. The van der Waals surface area contributed by atoms with Gasteiger partial charge in [-0.15, -0.1) is 0 Å². The van der Waals surface area contributed by atoms with Gasteiger partial charge < -0.3 is 9.64 Å². The lowest BCUT2D eigenvalue weighted by atomic mass is 9.74. The number of fused-ring (bicyclic) bond motifs is 2. The Hall–Kier alpha value is -1.35. The predicted molar refractivity (Wildman–Crippen MR) is 80.3 cm³/mol. The third-order valence-corrected chi connectivity index (χ3v) is 4.80. The molecule has 0 atom stereocenters. The third kappa shape index (κ3) is 1.80. The third-order valence-electron chi connectivity index (χ3n) is 4.80. The molecule has 0 N–H and O–H groups in total. The standard InChI is InChI=1S/C17H23NO2/c1-16(2,3)12-5-6-13-14(11-12)18(4)15(19)17(13)7-9-20-10-8-17/h5-6,11H,7-10H2,1-4H3. The van der Waals surface area contributed by atoms with Gasteiger partial charge in [0.15, 0.2) is 0 Å². The summed E-state index contributed by atoms with van der Waals surface area (Å²) in [6, 6.07) is 6.54. The molecule has 20 heavy (non-hydrogen) atoms. The molecule has 0 bridgehead atoms. The van der Waals surface area contributed by atoms with Gasteiger partial charge in [0, 0.05) is 25.9 Å². The number of ether oxygens (including phenoxy) is 1. The van der Waals surface area contributed by atoms with Crippen LogP contribution in [0.5, 0.6) is 0 Å². The van der Waals surface area contributed by atoms with E-state index >= 15 is 0 Å². The first kappa shape index (κ1) is 13.6. The second kappa shape index (κ2) is 4.32. The summed E-state index contributed by atoms with van der Waals surface area (Å²) in [5.74, 6) is 0.238. The molecule has 108 valence electrons. The van der Waals surface area contributed by atoms with Crippen LogP contribution in [0.2, 0.25) is 0 Å². The van der Waals surface area contributed by atoms with Crippen molar-refractivity contribution in [2.45, 2.75) is 44.4 Å². The summed E-state index contributed by atoms with van der Waals surface area (Å²) in [7, 11) is 1.90. The van der Waals surface area contributed by atoms with Crippen LogP contribution in [0, 0.1) is 0 Å². The SMILES string of the molecule is CN1C(=O)C2(CCOCC2)c2ccc(C(C)(C)C)cc21. The van der Waals surface area contributed by atoms with Crippen LogP contribution in [0.15, 0.2) is 18.2 Å². The first-order valence-corrected chi connectivity index (χ1v) is 7.37. The van der Waals surface area contributed by atoms with E-state index in [1.54, 1.807) is 0 Å². The van der Waals surface area contributed by atoms with Crippen molar-refractivity contribution in [1.82, 2.24) is 0 Å². The fourth-order valence-electron chi connectivity index (χ4n) is 3.43. The number of nitrogens with zero attached hydrogens (tertiary/aromatic N) is 1. The van der Waals surface area contributed by atoms with Gasteiger partial charge in [0.05, 0.1) is 5.41 Å². The number of carbonyl (C=O) groups excluding carboxylic acids is 1. The molecule has 3 heteroatoms. The van der Waals surface area contributed by atoms with Crippen LogP contribution in [-0.2, 0) is 20.4 Å². The lowest BCUT2D eigenvalue weighted by molar-refractivity contribution is -0.126. The van der Waals surface area contributed by atoms with E-state index in [1.165, 1.54) is 11.1 Å². The van der Waals surface area contributed by atoms with Crippen LogP contribution >= 0.6 is 0 Å². The first-order chi connectivity index (χ1) is 9.36. The summed E-state index contributed by atoms with van der Waals surface area (Å²) in [5, 5.41) is 0. The highest BCUT2D eigenvalue weighted by molar-refractivity contribution is 6.08. The second-order valence-corrected chi connectivity index (χ2v) is 7.04. The van der Waals surface area contributed by atoms with Crippen LogP contribution in [0.3, 0.4) is 0 Å². The van der Waals surface area contributed by atoms with Gasteiger partial charge in [0.1, 0.15) is 0 Å². The van der Waals surface area contributed by atoms with E-state index in [9.17, 15) is 4.79 Å². The maximum Gasteiger partial charge on any atom is 0.237 e. The van der Waals surface area contributed by atoms with E-state index in [0.29, 0.717) is 13.2 Å². The molecule has 1 fully saturated rings. The van der Waals surface area contributed by atoms with Gasteiger partial charge in [-0.05, 0) is 35.4 Å².